The van der Waals surface area contributed by atoms with E-state index in [4.69, 9.17) is 0 Å². The molecule has 0 saturated carbocycles. The normalized spacial score (nSPS) is 10.8. The first-order valence-corrected chi connectivity index (χ1v) is 5.05. The number of aryl methyl sites for hydroxylation is 1. The van der Waals surface area contributed by atoms with Crippen molar-refractivity contribution in [2.75, 3.05) is 0 Å². The van der Waals surface area contributed by atoms with E-state index in [1.807, 2.05) is 29.5 Å². The summed E-state index contributed by atoms with van der Waals surface area (Å²) in [6.07, 6.45) is 0. The smallest absolute Gasteiger partial charge is 0.180 e. The predicted octanol–water partition coefficient (Wildman–Crippen LogP) is 2.61. The van der Waals surface area contributed by atoms with E-state index in [1.165, 1.54) is 6.92 Å². The van der Waals surface area contributed by atoms with E-state index >= 15 is 0 Å². The van der Waals surface area contributed by atoms with Gasteiger partial charge >= 0.3 is 0 Å². The molecular formula is C10H9BrN2O. The lowest BCUT2D eigenvalue weighted by Gasteiger charge is -1.99. The van der Waals surface area contributed by atoms with Gasteiger partial charge in [-0.05, 0) is 35.0 Å². The fraction of sp³-hybridized carbons (Fsp3) is 0.200. The molecule has 72 valence electrons. The van der Waals surface area contributed by atoms with Gasteiger partial charge in [-0.1, -0.05) is 6.07 Å². The number of Topliss-reactive ketones (excluding diaryl/α,β-unsaturated/α-hetero) is 1. The zero-order chi connectivity index (χ0) is 10.3. The molecule has 2 heterocycles. The molecule has 0 aliphatic rings. The summed E-state index contributed by atoms with van der Waals surface area (Å²) >= 11 is 3.38. The molecule has 14 heavy (non-hydrogen) atoms. The van der Waals surface area contributed by atoms with Crippen molar-refractivity contribution in [1.82, 2.24) is 9.38 Å². The molecule has 3 nitrogen and oxygen atoms in total. The number of hydrogen-bond acceptors (Lipinski definition) is 2. The largest absolute Gasteiger partial charge is 0.293 e. The van der Waals surface area contributed by atoms with Gasteiger partial charge in [-0.25, -0.2) is 4.98 Å². The molecule has 0 bridgehead atoms. The Morgan fingerprint density at radius 1 is 1.50 bits per heavy atom. The molecule has 0 spiro atoms. The van der Waals surface area contributed by atoms with E-state index in [1.54, 1.807) is 0 Å². The Labute approximate surface area is 89.9 Å². The molecule has 2 rings (SSSR count). The molecule has 0 radical (unpaired) electrons. The average molecular weight is 253 g/mol. The van der Waals surface area contributed by atoms with Gasteiger partial charge in [0.2, 0.25) is 0 Å². The highest BCUT2D eigenvalue weighted by molar-refractivity contribution is 9.10. The molecule has 0 amide bonds. The third-order valence-corrected chi connectivity index (χ3v) is 2.85. The molecule has 0 saturated heterocycles. The highest BCUT2D eigenvalue weighted by Gasteiger charge is 2.13. The van der Waals surface area contributed by atoms with Crippen molar-refractivity contribution in [3.05, 3.63) is 34.2 Å². The second kappa shape index (κ2) is 3.20. The number of pyridine rings is 1. The summed E-state index contributed by atoms with van der Waals surface area (Å²) in [5.74, 6) is -0.0278. The van der Waals surface area contributed by atoms with E-state index < -0.39 is 0 Å². The van der Waals surface area contributed by atoms with Gasteiger partial charge < -0.3 is 0 Å². The van der Waals surface area contributed by atoms with Crippen LogP contribution in [0.25, 0.3) is 5.65 Å². The van der Waals surface area contributed by atoms with Crippen LogP contribution >= 0.6 is 15.9 Å². The number of halogens is 1. The highest BCUT2D eigenvalue weighted by Crippen LogP contribution is 2.20. The lowest BCUT2D eigenvalue weighted by atomic mass is 10.3. The molecule has 4 heteroatoms. The number of rotatable bonds is 1. The van der Waals surface area contributed by atoms with E-state index in [0.717, 1.165) is 15.9 Å². The van der Waals surface area contributed by atoms with Crippen molar-refractivity contribution < 1.29 is 4.79 Å². The zero-order valence-corrected chi connectivity index (χ0v) is 9.50. The molecule has 0 N–H and O–H groups in total. The second-order valence-corrected chi connectivity index (χ2v) is 3.92. The fourth-order valence-corrected chi connectivity index (χ4v) is 2.27. The van der Waals surface area contributed by atoms with Gasteiger partial charge in [0.1, 0.15) is 15.9 Å². The molecule has 2 aromatic heterocycles. The number of carbonyl (C=O) groups is 1. The van der Waals surface area contributed by atoms with E-state index in [0.29, 0.717) is 5.69 Å². The monoisotopic (exact) mass is 252 g/mol. The van der Waals surface area contributed by atoms with Crippen molar-refractivity contribution in [3.8, 4) is 0 Å². The van der Waals surface area contributed by atoms with Crippen molar-refractivity contribution in [3.63, 3.8) is 0 Å². The quantitative estimate of drug-likeness (QED) is 0.732. The SMILES string of the molecule is CC(=O)c1nc2cccc(C)n2c1Br. The van der Waals surface area contributed by atoms with Crippen molar-refractivity contribution >= 4 is 27.4 Å². The van der Waals surface area contributed by atoms with Gasteiger partial charge in [0.15, 0.2) is 5.78 Å². The summed E-state index contributed by atoms with van der Waals surface area (Å²) in [7, 11) is 0. The van der Waals surface area contributed by atoms with Crippen molar-refractivity contribution in [2.24, 2.45) is 0 Å². The van der Waals surface area contributed by atoms with Crippen molar-refractivity contribution in [2.45, 2.75) is 13.8 Å². The van der Waals surface area contributed by atoms with Crippen LogP contribution in [-0.2, 0) is 0 Å². The Balaban J connectivity index is 2.87. The predicted molar refractivity (Wildman–Crippen MR) is 57.6 cm³/mol. The molecule has 0 fully saturated rings. The third kappa shape index (κ3) is 1.26. The number of carbonyl (C=O) groups excluding carboxylic acids is 1. The highest BCUT2D eigenvalue weighted by atomic mass is 79.9. The first-order valence-electron chi connectivity index (χ1n) is 4.26. The lowest BCUT2D eigenvalue weighted by molar-refractivity contribution is 0.101. The van der Waals surface area contributed by atoms with Crippen LogP contribution in [-0.4, -0.2) is 15.2 Å². The number of aromatic nitrogens is 2. The molecule has 0 atom stereocenters. The maximum atomic E-state index is 11.2. The first kappa shape index (κ1) is 9.40. The third-order valence-electron chi connectivity index (χ3n) is 2.12. The van der Waals surface area contributed by atoms with E-state index in [9.17, 15) is 4.79 Å². The molecule has 0 aliphatic heterocycles. The van der Waals surface area contributed by atoms with Crippen LogP contribution in [0, 0.1) is 6.92 Å². The van der Waals surface area contributed by atoms with Crippen LogP contribution in [0.1, 0.15) is 23.1 Å². The maximum Gasteiger partial charge on any atom is 0.180 e. The van der Waals surface area contributed by atoms with Gasteiger partial charge in [0, 0.05) is 12.6 Å². The number of ketones is 1. The Morgan fingerprint density at radius 3 is 2.79 bits per heavy atom. The number of fused-ring (bicyclic) bond motifs is 1. The zero-order valence-electron chi connectivity index (χ0n) is 7.91. The van der Waals surface area contributed by atoms with Crippen LogP contribution in [0.3, 0.4) is 0 Å². The summed E-state index contributed by atoms with van der Waals surface area (Å²) in [6, 6.07) is 5.78. The molecule has 0 unspecified atom stereocenters. The number of imidazole rings is 1. The van der Waals surface area contributed by atoms with Crippen LogP contribution in [0.15, 0.2) is 22.8 Å². The van der Waals surface area contributed by atoms with Crippen LogP contribution in [0.4, 0.5) is 0 Å². The van der Waals surface area contributed by atoms with Crippen LogP contribution < -0.4 is 0 Å². The minimum atomic E-state index is -0.0278. The van der Waals surface area contributed by atoms with Gasteiger partial charge in [0.05, 0.1) is 0 Å². The molecular weight excluding hydrogens is 244 g/mol. The summed E-state index contributed by atoms with van der Waals surface area (Å²) in [4.78, 5) is 15.5. The van der Waals surface area contributed by atoms with Gasteiger partial charge in [-0.3, -0.25) is 9.20 Å². The molecule has 0 aliphatic carbocycles. The van der Waals surface area contributed by atoms with E-state index in [2.05, 4.69) is 20.9 Å². The summed E-state index contributed by atoms with van der Waals surface area (Å²) in [6.45, 7) is 3.49. The Bertz CT molecular complexity index is 516. The van der Waals surface area contributed by atoms with Crippen LogP contribution in [0.2, 0.25) is 0 Å². The Hall–Kier alpha value is -1.16. The minimum Gasteiger partial charge on any atom is -0.293 e. The fourth-order valence-electron chi connectivity index (χ4n) is 1.44. The summed E-state index contributed by atoms with van der Waals surface area (Å²) in [5, 5.41) is 0. The average Bonchev–Trinajstić information content (AvgIpc) is 2.45. The summed E-state index contributed by atoms with van der Waals surface area (Å²) < 4.78 is 2.65. The van der Waals surface area contributed by atoms with E-state index in [-0.39, 0.29) is 5.78 Å². The standard InChI is InChI=1S/C10H9BrN2O/c1-6-4-3-5-8-12-9(7(2)14)10(11)13(6)8/h3-5H,1-2H3. The minimum absolute atomic E-state index is 0.0278. The first-order chi connectivity index (χ1) is 6.61. The Morgan fingerprint density at radius 2 is 2.21 bits per heavy atom. The van der Waals surface area contributed by atoms with Gasteiger partial charge in [0.25, 0.3) is 0 Å². The molecule has 2 aromatic rings. The summed E-state index contributed by atoms with van der Waals surface area (Å²) in [5.41, 5.74) is 2.33. The molecule has 0 aromatic carbocycles. The van der Waals surface area contributed by atoms with Crippen molar-refractivity contribution in [1.29, 1.82) is 0 Å². The van der Waals surface area contributed by atoms with Crippen LogP contribution in [0.5, 0.6) is 0 Å². The number of hydrogen-bond donors (Lipinski definition) is 0. The maximum absolute atomic E-state index is 11.2. The van der Waals surface area contributed by atoms with Gasteiger partial charge in [-0.15, -0.1) is 0 Å². The second-order valence-electron chi connectivity index (χ2n) is 3.17. The Kier molecular flexibility index (Phi) is 2.15. The lowest BCUT2D eigenvalue weighted by Crippen LogP contribution is -1.94. The number of nitrogens with zero attached hydrogens (tertiary/aromatic N) is 2. The topological polar surface area (TPSA) is 34.4 Å². The van der Waals surface area contributed by atoms with Gasteiger partial charge in [-0.2, -0.15) is 0 Å².